The Bertz CT molecular complexity index is 870. The lowest BCUT2D eigenvalue weighted by atomic mass is 10.1. The topological polar surface area (TPSA) is 70.7 Å². The molecule has 1 saturated heterocycles. The normalized spacial score (nSPS) is 13.6. The standard InChI is InChI=1S/C25H33N3O3S/c1-2-31-17-9-14-26-25(30)22-18-20(12-13-23(22)28-15-7-4-8-16-28)27-24(29)19-32-21-10-5-3-6-11-21/h3,5-6,10-13,18H,2,4,7-9,14-17,19H2,1H3,(H,26,30)(H,27,29). The lowest BCUT2D eigenvalue weighted by molar-refractivity contribution is -0.113. The molecular weight excluding hydrogens is 422 g/mol. The molecule has 0 unspecified atom stereocenters. The Morgan fingerprint density at radius 3 is 2.59 bits per heavy atom. The molecule has 32 heavy (non-hydrogen) atoms. The number of carbonyl (C=O) groups excluding carboxylic acids is 2. The van der Waals surface area contributed by atoms with Crippen molar-refractivity contribution in [3.05, 3.63) is 54.1 Å². The van der Waals surface area contributed by atoms with Crippen LogP contribution in [0.4, 0.5) is 11.4 Å². The number of nitrogens with zero attached hydrogens (tertiary/aromatic N) is 1. The summed E-state index contributed by atoms with van der Waals surface area (Å²) in [6.45, 7) is 5.72. The number of anilines is 2. The third-order valence-electron chi connectivity index (χ3n) is 5.29. The average molecular weight is 456 g/mol. The minimum absolute atomic E-state index is 0.0901. The predicted molar refractivity (Wildman–Crippen MR) is 132 cm³/mol. The van der Waals surface area contributed by atoms with Gasteiger partial charge < -0.3 is 20.3 Å². The Balaban J connectivity index is 1.66. The van der Waals surface area contributed by atoms with E-state index in [0.29, 0.717) is 36.8 Å². The zero-order valence-electron chi connectivity index (χ0n) is 18.8. The van der Waals surface area contributed by atoms with Crippen LogP contribution >= 0.6 is 11.8 Å². The minimum atomic E-state index is -0.114. The van der Waals surface area contributed by atoms with Gasteiger partial charge in [-0.2, -0.15) is 0 Å². The zero-order chi connectivity index (χ0) is 22.6. The fraction of sp³-hybridized carbons (Fsp3) is 0.440. The summed E-state index contributed by atoms with van der Waals surface area (Å²) >= 11 is 1.49. The van der Waals surface area contributed by atoms with Gasteiger partial charge in [0.25, 0.3) is 5.91 Å². The fourth-order valence-electron chi connectivity index (χ4n) is 3.68. The maximum atomic E-state index is 13.0. The molecule has 1 heterocycles. The van der Waals surface area contributed by atoms with Gasteiger partial charge >= 0.3 is 0 Å². The number of carbonyl (C=O) groups is 2. The van der Waals surface area contributed by atoms with Crippen LogP contribution in [0.25, 0.3) is 0 Å². The molecule has 1 aliphatic heterocycles. The maximum absolute atomic E-state index is 13.0. The summed E-state index contributed by atoms with van der Waals surface area (Å²) in [6.07, 6.45) is 4.25. The molecule has 172 valence electrons. The molecule has 0 atom stereocenters. The van der Waals surface area contributed by atoms with Crippen LogP contribution in [0.2, 0.25) is 0 Å². The van der Waals surface area contributed by atoms with Gasteiger partial charge in [0.15, 0.2) is 0 Å². The zero-order valence-corrected chi connectivity index (χ0v) is 19.6. The van der Waals surface area contributed by atoms with Gasteiger partial charge in [-0.05, 0) is 62.9 Å². The molecule has 0 saturated carbocycles. The SMILES string of the molecule is CCOCCCNC(=O)c1cc(NC(=O)CSc2ccccc2)ccc1N1CCCCC1. The van der Waals surface area contributed by atoms with E-state index in [9.17, 15) is 9.59 Å². The van der Waals surface area contributed by atoms with Crippen molar-refractivity contribution in [3.63, 3.8) is 0 Å². The number of ether oxygens (including phenoxy) is 1. The summed E-state index contributed by atoms with van der Waals surface area (Å²) in [7, 11) is 0. The highest BCUT2D eigenvalue weighted by Gasteiger charge is 2.19. The first kappa shape index (κ1) is 24.1. The summed E-state index contributed by atoms with van der Waals surface area (Å²) < 4.78 is 5.35. The van der Waals surface area contributed by atoms with Crippen molar-refractivity contribution < 1.29 is 14.3 Å². The largest absolute Gasteiger partial charge is 0.382 e. The summed E-state index contributed by atoms with van der Waals surface area (Å²) in [4.78, 5) is 28.8. The van der Waals surface area contributed by atoms with Crippen LogP contribution in [0.1, 0.15) is 43.0 Å². The first-order chi connectivity index (χ1) is 15.7. The van der Waals surface area contributed by atoms with Gasteiger partial charge in [-0.1, -0.05) is 18.2 Å². The summed E-state index contributed by atoms with van der Waals surface area (Å²) in [6, 6.07) is 15.5. The quantitative estimate of drug-likeness (QED) is 0.384. The van der Waals surface area contributed by atoms with Crippen LogP contribution in [0, 0.1) is 0 Å². The molecule has 1 fully saturated rings. The Morgan fingerprint density at radius 2 is 1.84 bits per heavy atom. The van der Waals surface area contributed by atoms with Gasteiger partial charge in [-0.25, -0.2) is 0 Å². The smallest absolute Gasteiger partial charge is 0.253 e. The van der Waals surface area contributed by atoms with Gasteiger partial charge in [-0.3, -0.25) is 9.59 Å². The number of amides is 2. The van der Waals surface area contributed by atoms with Crippen molar-refractivity contribution in [1.82, 2.24) is 5.32 Å². The molecule has 6 nitrogen and oxygen atoms in total. The Kier molecular flexibility index (Phi) is 9.91. The highest BCUT2D eigenvalue weighted by molar-refractivity contribution is 8.00. The number of benzene rings is 2. The van der Waals surface area contributed by atoms with Gasteiger partial charge in [0, 0.05) is 49.1 Å². The number of thioether (sulfide) groups is 1. The summed E-state index contributed by atoms with van der Waals surface area (Å²) in [5.41, 5.74) is 2.18. The number of piperidine rings is 1. The molecule has 7 heteroatoms. The van der Waals surface area contributed by atoms with Crippen molar-refractivity contribution in [2.45, 2.75) is 37.5 Å². The van der Waals surface area contributed by atoms with Crippen LogP contribution in [0.5, 0.6) is 0 Å². The Hall–Kier alpha value is -2.51. The second-order valence-corrected chi connectivity index (χ2v) is 8.78. The number of nitrogens with one attached hydrogen (secondary N) is 2. The van der Waals surface area contributed by atoms with Gasteiger partial charge in [0.05, 0.1) is 11.3 Å². The second-order valence-electron chi connectivity index (χ2n) is 7.74. The van der Waals surface area contributed by atoms with E-state index in [2.05, 4.69) is 15.5 Å². The molecule has 2 aromatic rings. The van der Waals surface area contributed by atoms with E-state index in [4.69, 9.17) is 4.74 Å². The molecule has 3 rings (SSSR count). The van der Waals surface area contributed by atoms with Gasteiger partial charge in [-0.15, -0.1) is 11.8 Å². The number of rotatable bonds is 11. The molecule has 2 aromatic carbocycles. The highest BCUT2D eigenvalue weighted by atomic mass is 32.2. The van der Waals surface area contributed by atoms with Crippen LogP contribution < -0.4 is 15.5 Å². The monoisotopic (exact) mass is 455 g/mol. The van der Waals surface area contributed by atoms with Crippen LogP contribution in [-0.4, -0.2) is 50.4 Å². The molecule has 0 bridgehead atoms. The molecule has 0 radical (unpaired) electrons. The van der Waals surface area contributed by atoms with Crippen LogP contribution in [-0.2, 0) is 9.53 Å². The molecule has 0 spiro atoms. The summed E-state index contributed by atoms with van der Waals surface area (Å²) in [5.74, 6) is 0.112. The van der Waals surface area contributed by atoms with Crippen molar-refractivity contribution in [1.29, 1.82) is 0 Å². The maximum Gasteiger partial charge on any atom is 0.253 e. The highest BCUT2D eigenvalue weighted by Crippen LogP contribution is 2.27. The molecule has 2 N–H and O–H groups in total. The van der Waals surface area contributed by atoms with E-state index in [1.807, 2.05) is 49.4 Å². The van der Waals surface area contributed by atoms with E-state index in [0.717, 1.165) is 42.9 Å². The van der Waals surface area contributed by atoms with Crippen molar-refractivity contribution in [3.8, 4) is 0 Å². The molecule has 0 aliphatic carbocycles. The minimum Gasteiger partial charge on any atom is -0.382 e. The molecule has 0 aromatic heterocycles. The van der Waals surface area contributed by atoms with Crippen molar-refractivity contribution >= 4 is 35.0 Å². The van der Waals surface area contributed by atoms with Crippen LogP contribution in [0.3, 0.4) is 0 Å². The van der Waals surface area contributed by atoms with E-state index < -0.39 is 0 Å². The van der Waals surface area contributed by atoms with E-state index in [1.54, 1.807) is 6.07 Å². The van der Waals surface area contributed by atoms with E-state index >= 15 is 0 Å². The predicted octanol–water partition coefficient (Wildman–Crippen LogP) is 4.56. The Labute approximate surface area is 195 Å². The third-order valence-corrected chi connectivity index (χ3v) is 6.30. The number of hydrogen-bond acceptors (Lipinski definition) is 5. The van der Waals surface area contributed by atoms with Crippen molar-refractivity contribution in [2.24, 2.45) is 0 Å². The molecule has 1 aliphatic rings. The summed E-state index contributed by atoms with van der Waals surface area (Å²) in [5, 5.41) is 5.95. The first-order valence-corrected chi connectivity index (χ1v) is 12.4. The van der Waals surface area contributed by atoms with Crippen LogP contribution in [0.15, 0.2) is 53.4 Å². The fourth-order valence-corrected chi connectivity index (χ4v) is 4.40. The number of hydrogen-bond donors (Lipinski definition) is 2. The second kappa shape index (κ2) is 13.1. The van der Waals surface area contributed by atoms with Crippen molar-refractivity contribution in [2.75, 3.05) is 48.8 Å². The third kappa shape index (κ3) is 7.57. The Morgan fingerprint density at radius 1 is 1.06 bits per heavy atom. The average Bonchev–Trinajstić information content (AvgIpc) is 2.83. The van der Waals surface area contributed by atoms with E-state index in [1.165, 1.54) is 18.2 Å². The molecular formula is C25H33N3O3S. The lowest BCUT2D eigenvalue weighted by Crippen LogP contribution is -2.33. The van der Waals surface area contributed by atoms with Gasteiger partial charge in [0.1, 0.15) is 0 Å². The van der Waals surface area contributed by atoms with E-state index in [-0.39, 0.29) is 11.8 Å². The lowest BCUT2D eigenvalue weighted by Gasteiger charge is -2.30. The van der Waals surface area contributed by atoms with Gasteiger partial charge in [0.2, 0.25) is 5.91 Å². The first-order valence-electron chi connectivity index (χ1n) is 11.4. The molecule has 2 amide bonds.